The van der Waals surface area contributed by atoms with Gasteiger partial charge in [-0.25, -0.2) is 4.79 Å². The molecule has 4 atom stereocenters. The molecule has 3 aliphatic heterocycles. The summed E-state index contributed by atoms with van der Waals surface area (Å²) in [6.45, 7) is 9.22. The third-order valence-electron chi connectivity index (χ3n) is 5.72. The molecule has 0 saturated carbocycles. The Balaban J connectivity index is 2.16. The molecular weight excluding hydrogens is 340 g/mol. The largest absolute Gasteiger partial charge is 0.463 e. The van der Waals surface area contributed by atoms with E-state index in [0.29, 0.717) is 19.4 Å². The maximum Gasteiger partial charge on any atom is 0.348 e. The topological polar surface area (TPSA) is 96.4 Å². The second-order valence-corrected chi connectivity index (χ2v) is 7.93. The molecule has 3 heterocycles. The van der Waals surface area contributed by atoms with Gasteiger partial charge in [-0.05, 0) is 25.7 Å². The van der Waals surface area contributed by atoms with Crippen molar-refractivity contribution in [2.24, 2.45) is 11.8 Å². The Bertz CT molecular complexity index is 635. The van der Waals surface area contributed by atoms with E-state index >= 15 is 0 Å². The Hall–Kier alpha value is -1.67. The van der Waals surface area contributed by atoms with Crippen LogP contribution in [0.15, 0.2) is 0 Å². The van der Waals surface area contributed by atoms with Crippen LogP contribution in [0.4, 0.5) is 0 Å². The number of fused-ring (bicyclic) bond motifs is 3. The van der Waals surface area contributed by atoms with Crippen LogP contribution in [0.5, 0.6) is 0 Å². The van der Waals surface area contributed by atoms with Crippen molar-refractivity contribution >= 4 is 17.8 Å². The van der Waals surface area contributed by atoms with Crippen LogP contribution in [0.1, 0.15) is 47.5 Å². The highest BCUT2D eigenvalue weighted by molar-refractivity contribution is 6.09. The average Bonchev–Trinajstić information content (AvgIpc) is 3.13. The van der Waals surface area contributed by atoms with Crippen molar-refractivity contribution in [3.8, 4) is 0 Å². The Morgan fingerprint density at radius 3 is 2.54 bits per heavy atom. The fraction of sp³-hybridized carbons (Fsp3) is 0.833. The first-order chi connectivity index (χ1) is 12.1. The molecule has 0 spiro atoms. The summed E-state index contributed by atoms with van der Waals surface area (Å²) in [6.07, 6.45) is 1.22. The SMILES string of the molecule is CCOC(=O)C1(C(C)C)OC2(O)C3CCCN3C(=O)C(C(C)C)N2C1=O. The molecular formula is C18H28N2O6. The van der Waals surface area contributed by atoms with Gasteiger partial charge in [-0.2, -0.15) is 0 Å². The first-order valence-electron chi connectivity index (χ1n) is 9.36. The minimum atomic E-state index is -2.02. The van der Waals surface area contributed by atoms with E-state index in [1.165, 1.54) is 0 Å². The summed E-state index contributed by atoms with van der Waals surface area (Å²) < 4.78 is 11.1. The standard InChI is InChI=1S/C18H28N2O6/c1-6-25-16(23)17(11(4)5)15(22)20-13(10(2)3)14(21)19-9-7-8-12(19)18(20,24)26-17/h10-13,24H,6-9H2,1-5H3. The molecule has 3 aliphatic rings. The molecule has 3 saturated heterocycles. The average molecular weight is 368 g/mol. The Kier molecular flexibility index (Phi) is 4.55. The van der Waals surface area contributed by atoms with Crippen LogP contribution in [0.2, 0.25) is 0 Å². The number of carbonyl (C=O) groups excluding carboxylic acids is 3. The highest BCUT2D eigenvalue weighted by Gasteiger charge is 2.74. The molecule has 0 aromatic carbocycles. The van der Waals surface area contributed by atoms with Crippen molar-refractivity contribution in [2.75, 3.05) is 13.2 Å². The van der Waals surface area contributed by atoms with Gasteiger partial charge in [0.15, 0.2) is 0 Å². The van der Waals surface area contributed by atoms with E-state index in [9.17, 15) is 19.5 Å². The van der Waals surface area contributed by atoms with Crippen molar-refractivity contribution in [3.05, 3.63) is 0 Å². The molecule has 2 amide bonds. The van der Waals surface area contributed by atoms with E-state index in [1.807, 2.05) is 13.8 Å². The number of carbonyl (C=O) groups is 3. The van der Waals surface area contributed by atoms with Gasteiger partial charge < -0.3 is 19.5 Å². The minimum Gasteiger partial charge on any atom is -0.463 e. The van der Waals surface area contributed by atoms with E-state index in [-0.39, 0.29) is 18.4 Å². The second-order valence-electron chi connectivity index (χ2n) is 7.93. The Labute approximate surface area is 153 Å². The quantitative estimate of drug-likeness (QED) is 0.573. The monoisotopic (exact) mass is 368 g/mol. The normalized spacial score (nSPS) is 36.8. The van der Waals surface area contributed by atoms with E-state index in [0.717, 1.165) is 4.90 Å². The summed E-state index contributed by atoms with van der Waals surface area (Å²) in [5.74, 6) is -4.54. The first kappa shape index (κ1) is 19.1. The number of aliphatic hydroxyl groups is 1. The zero-order chi connectivity index (χ0) is 19.4. The summed E-state index contributed by atoms with van der Waals surface area (Å²) in [4.78, 5) is 41.9. The van der Waals surface area contributed by atoms with Crippen LogP contribution in [-0.2, 0) is 23.9 Å². The smallest absolute Gasteiger partial charge is 0.348 e. The van der Waals surface area contributed by atoms with Gasteiger partial charge in [0, 0.05) is 12.5 Å². The van der Waals surface area contributed by atoms with Crippen LogP contribution in [0, 0.1) is 11.8 Å². The molecule has 0 aromatic rings. The van der Waals surface area contributed by atoms with E-state index in [4.69, 9.17) is 9.47 Å². The van der Waals surface area contributed by atoms with Gasteiger partial charge >= 0.3 is 5.97 Å². The lowest BCUT2D eigenvalue weighted by Crippen LogP contribution is -2.72. The van der Waals surface area contributed by atoms with Gasteiger partial charge in [-0.15, -0.1) is 0 Å². The molecule has 8 nitrogen and oxygen atoms in total. The Morgan fingerprint density at radius 2 is 2.00 bits per heavy atom. The molecule has 0 radical (unpaired) electrons. The number of hydrogen-bond donors (Lipinski definition) is 1. The lowest BCUT2D eigenvalue weighted by Gasteiger charge is -2.49. The van der Waals surface area contributed by atoms with E-state index in [1.54, 1.807) is 25.7 Å². The highest BCUT2D eigenvalue weighted by atomic mass is 16.7. The number of rotatable bonds is 4. The summed E-state index contributed by atoms with van der Waals surface area (Å²) in [6, 6.07) is -1.55. The third kappa shape index (κ3) is 2.24. The van der Waals surface area contributed by atoms with Crippen molar-refractivity contribution in [1.82, 2.24) is 9.80 Å². The number of piperazine rings is 1. The molecule has 0 bridgehead atoms. The zero-order valence-electron chi connectivity index (χ0n) is 16.0. The molecule has 0 aromatic heterocycles. The zero-order valence-corrected chi connectivity index (χ0v) is 16.0. The van der Waals surface area contributed by atoms with Gasteiger partial charge in [-0.3, -0.25) is 14.5 Å². The lowest BCUT2D eigenvalue weighted by atomic mass is 9.88. The summed E-state index contributed by atoms with van der Waals surface area (Å²) in [7, 11) is 0. The predicted octanol–water partition coefficient (Wildman–Crippen LogP) is 0.478. The number of hydrogen-bond acceptors (Lipinski definition) is 6. The van der Waals surface area contributed by atoms with Crippen LogP contribution in [0.25, 0.3) is 0 Å². The van der Waals surface area contributed by atoms with Crippen molar-refractivity contribution < 1.29 is 29.0 Å². The first-order valence-corrected chi connectivity index (χ1v) is 9.36. The molecule has 3 rings (SSSR count). The predicted molar refractivity (Wildman–Crippen MR) is 90.4 cm³/mol. The number of nitrogens with zero attached hydrogens (tertiary/aromatic N) is 2. The van der Waals surface area contributed by atoms with Crippen molar-refractivity contribution in [2.45, 2.75) is 71.1 Å². The van der Waals surface area contributed by atoms with Gasteiger partial charge in [0.25, 0.3) is 11.8 Å². The van der Waals surface area contributed by atoms with Crippen LogP contribution in [0.3, 0.4) is 0 Å². The van der Waals surface area contributed by atoms with E-state index in [2.05, 4.69) is 0 Å². The fourth-order valence-electron chi connectivity index (χ4n) is 4.46. The summed E-state index contributed by atoms with van der Waals surface area (Å²) in [5.41, 5.74) is -1.95. The van der Waals surface area contributed by atoms with Crippen LogP contribution in [-0.4, -0.2) is 69.4 Å². The molecule has 0 aliphatic carbocycles. The Morgan fingerprint density at radius 1 is 1.35 bits per heavy atom. The fourth-order valence-corrected chi connectivity index (χ4v) is 4.46. The second kappa shape index (κ2) is 6.20. The summed E-state index contributed by atoms with van der Waals surface area (Å²) >= 11 is 0. The minimum absolute atomic E-state index is 0.0878. The summed E-state index contributed by atoms with van der Waals surface area (Å²) in [5, 5.41) is 11.5. The van der Waals surface area contributed by atoms with Crippen molar-refractivity contribution in [3.63, 3.8) is 0 Å². The van der Waals surface area contributed by atoms with Gasteiger partial charge in [0.2, 0.25) is 11.5 Å². The van der Waals surface area contributed by atoms with Crippen LogP contribution >= 0.6 is 0 Å². The van der Waals surface area contributed by atoms with Crippen LogP contribution < -0.4 is 0 Å². The molecule has 4 unspecified atom stereocenters. The molecule has 1 N–H and O–H groups in total. The number of ether oxygens (including phenoxy) is 2. The van der Waals surface area contributed by atoms with Crippen molar-refractivity contribution in [1.29, 1.82) is 0 Å². The molecule has 146 valence electrons. The molecule has 26 heavy (non-hydrogen) atoms. The third-order valence-corrected chi connectivity index (χ3v) is 5.72. The number of amides is 2. The highest BCUT2D eigenvalue weighted by Crippen LogP contribution is 2.49. The van der Waals surface area contributed by atoms with Gasteiger partial charge in [0.1, 0.15) is 12.1 Å². The lowest BCUT2D eigenvalue weighted by molar-refractivity contribution is -0.319. The maximum atomic E-state index is 13.4. The maximum absolute atomic E-state index is 13.4. The molecule has 3 fully saturated rings. The number of esters is 1. The van der Waals surface area contributed by atoms with Gasteiger partial charge in [-0.1, -0.05) is 27.7 Å². The molecule has 8 heteroatoms. The van der Waals surface area contributed by atoms with E-state index < -0.39 is 41.4 Å². The van der Waals surface area contributed by atoms with Gasteiger partial charge in [0.05, 0.1) is 6.61 Å².